The van der Waals surface area contributed by atoms with Crippen molar-refractivity contribution in [2.45, 2.75) is 36.6 Å². The number of halogens is 2. The van der Waals surface area contributed by atoms with E-state index >= 15 is 0 Å². The molecule has 1 atom stereocenters. The van der Waals surface area contributed by atoms with Gasteiger partial charge in [0.05, 0.1) is 5.41 Å². The SMILES string of the molecule is CC1(C(=O)NC2CCN(c3ncccn3)CC2)CC1(Cl)Cl. The fraction of sp³-hybridized carbons (Fsp3) is 0.643. The number of carbonyl (C=O) groups excluding carboxylic acids is 1. The number of rotatable bonds is 3. The lowest BCUT2D eigenvalue weighted by Gasteiger charge is -2.33. The highest BCUT2D eigenvalue weighted by molar-refractivity contribution is 6.53. The molecule has 0 radical (unpaired) electrons. The fourth-order valence-electron chi connectivity index (χ4n) is 2.67. The number of nitrogens with zero attached hydrogens (tertiary/aromatic N) is 3. The summed E-state index contributed by atoms with van der Waals surface area (Å²) in [6.07, 6.45) is 5.75. The highest BCUT2D eigenvalue weighted by Crippen LogP contribution is 2.63. The highest BCUT2D eigenvalue weighted by atomic mass is 35.5. The van der Waals surface area contributed by atoms with Crippen LogP contribution in [0.1, 0.15) is 26.2 Å². The zero-order valence-electron chi connectivity index (χ0n) is 11.9. The van der Waals surface area contributed by atoms with Crippen LogP contribution in [0.2, 0.25) is 0 Å². The minimum absolute atomic E-state index is 0.0399. The van der Waals surface area contributed by atoms with Crippen LogP contribution in [0.4, 0.5) is 5.95 Å². The first-order chi connectivity index (χ1) is 9.92. The van der Waals surface area contributed by atoms with Gasteiger partial charge in [-0.3, -0.25) is 4.79 Å². The molecule has 1 saturated carbocycles. The molecular weight excluding hydrogens is 311 g/mol. The first-order valence-corrected chi connectivity index (χ1v) is 7.89. The van der Waals surface area contributed by atoms with Crippen LogP contribution in [-0.4, -0.2) is 39.3 Å². The number of amides is 1. The van der Waals surface area contributed by atoms with Crippen molar-refractivity contribution < 1.29 is 4.79 Å². The first kappa shape index (κ1) is 14.9. The van der Waals surface area contributed by atoms with Crippen LogP contribution in [-0.2, 0) is 4.79 Å². The van der Waals surface area contributed by atoms with E-state index in [4.69, 9.17) is 23.2 Å². The summed E-state index contributed by atoms with van der Waals surface area (Å²) in [4.78, 5) is 22.9. The third kappa shape index (κ3) is 2.81. The predicted octanol–water partition coefficient (Wildman–Crippen LogP) is 2.15. The van der Waals surface area contributed by atoms with Crippen molar-refractivity contribution in [1.29, 1.82) is 0 Å². The monoisotopic (exact) mass is 328 g/mol. The average molecular weight is 329 g/mol. The van der Waals surface area contributed by atoms with Gasteiger partial charge in [-0.25, -0.2) is 9.97 Å². The summed E-state index contributed by atoms with van der Waals surface area (Å²) in [6.45, 7) is 3.48. The molecule has 5 nitrogen and oxygen atoms in total. The van der Waals surface area contributed by atoms with Crippen LogP contribution in [0.3, 0.4) is 0 Å². The van der Waals surface area contributed by atoms with E-state index in [2.05, 4.69) is 20.2 Å². The zero-order chi connectivity index (χ0) is 15.1. The second kappa shape index (κ2) is 5.29. The zero-order valence-corrected chi connectivity index (χ0v) is 13.4. The molecule has 1 aromatic heterocycles. The van der Waals surface area contributed by atoms with Crippen molar-refractivity contribution in [3.63, 3.8) is 0 Å². The Labute approximate surface area is 134 Å². The summed E-state index contributed by atoms with van der Waals surface area (Å²) >= 11 is 12.1. The van der Waals surface area contributed by atoms with E-state index in [9.17, 15) is 4.79 Å². The molecule has 2 fully saturated rings. The van der Waals surface area contributed by atoms with Crippen LogP contribution in [0, 0.1) is 5.41 Å². The van der Waals surface area contributed by atoms with E-state index in [-0.39, 0.29) is 11.9 Å². The van der Waals surface area contributed by atoms with Crippen LogP contribution in [0.25, 0.3) is 0 Å². The molecule has 2 aliphatic rings. The molecule has 114 valence electrons. The highest BCUT2D eigenvalue weighted by Gasteiger charge is 2.68. The maximum Gasteiger partial charge on any atom is 0.229 e. The second-order valence-corrected chi connectivity index (χ2v) is 7.48. The number of anilines is 1. The topological polar surface area (TPSA) is 58.1 Å². The van der Waals surface area contributed by atoms with Gasteiger partial charge in [-0.15, -0.1) is 23.2 Å². The summed E-state index contributed by atoms with van der Waals surface area (Å²) in [6, 6.07) is 1.97. The molecule has 0 bridgehead atoms. The molecule has 1 saturated heterocycles. The minimum atomic E-state index is -0.907. The van der Waals surface area contributed by atoms with Gasteiger partial charge in [0.15, 0.2) is 0 Å². The van der Waals surface area contributed by atoms with E-state index in [1.165, 1.54) is 0 Å². The normalized spacial score (nSPS) is 28.2. The maximum atomic E-state index is 12.2. The third-order valence-corrected chi connectivity index (χ3v) is 5.53. The molecule has 1 aliphatic heterocycles. The number of hydrogen-bond donors (Lipinski definition) is 1. The van der Waals surface area contributed by atoms with Gasteiger partial charge in [-0.05, 0) is 32.3 Å². The summed E-state index contributed by atoms with van der Waals surface area (Å²) in [5, 5.41) is 3.07. The Balaban J connectivity index is 1.52. The van der Waals surface area contributed by atoms with Gasteiger partial charge < -0.3 is 10.2 Å². The quantitative estimate of drug-likeness (QED) is 0.864. The van der Waals surface area contributed by atoms with Gasteiger partial charge >= 0.3 is 0 Å². The molecule has 21 heavy (non-hydrogen) atoms. The maximum absolute atomic E-state index is 12.2. The molecule has 3 rings (SSSR count). The fourth-order valence-corrected chi connectivity index (χ4v) is 3.38. The third-order valence-electron chi connectivity index (χ3n) is 4.42. The largest absolute Gasteiger partial charge is 0.353 e. The Hall–Kier alpha value is -1.07. The molecule has 1 amide bonds. The van der Waals surface area contributed by atoms with E-state index in [0.29, 0.717) is 6.42 Å². The molecule has 7 heteroatoms. The van der Waals surface area contributed by atoms with Gasteiger partial charge in [0.2, 0.25) is 11.9 Å². The molecular formula is C14H18Cl2N4O. The Kier molecular flexibility index (Phi) is 3.74. The van der Waals surface area contributed by atoms with E-state index in [0.717, 1.165) is 31.9 Å². The molecule has 1 aliphatic carbocycles. The Morgan fingerprint density at radius 1 is 1.33 bits per heavy atom. The van der Waals surface area contributed by atoms with Crippen LogP contribution < -0.4 is 10.2 Å². The van der Waals surface area contributed by atoms with E-state index in [1.807, 2.05) is 6.92 Å². The molecule has 0 spiro atoms. The van der Waals surface area contributed by atoms with Crippen molar-refractivity contribution in [1.82, 2.24) is 15.3 Å². The van der Waals surface area contributed by atoms with E-state index < -0.39 is 9.75 Å². The lowest BCUT2D eigenvalue weighted by atomic mass is 10.0. The Morgan fingerprint density at radius 2 is 1.90 bits per heavy atom. The number of carbonyl (C=O) groups is 1. The number of hydrogen-bond acceptors (Lipinski definition) is 4. The number of piperidine rings is 1. The molecule has 0 aromatic carbocycles. The summed E-state index contributed by atoms with van der Waals surface area (Å²) in [5.41, 5.74) is -0.643. The summed E-state index contributed by atoms with van der Waals surface area (Å²) in [5.74, 6) is 0.707. The Morgan fingerprint density at radius 3 is 2.43 bits per heavy atom. The van der Waals surface area contributed by atoms with Crippen molar-refractivity contribution in [2.24, 2.45) is 5.41 Å². The van der Waals surface area contributed by atoms with Gasteiger partial charge in [-0.1, -0.05) is 0 Å². The van der Waals surface area contributed by atoms with Gasteiger partial charge in [0.1, 0.15) is 4.33 Å². The Bertz CT molecular complexity index is 531. The molecule has 1 aromatic rings. The smallest absolute Gasteiger partial charge is 0.229 e. The lowest BCUT2D eigenvalue weighted by molar-refractivity contribution is -0.126. The second-order valence-electron chi connectivity index (χ2n) is 6.00. The van der Waals surface area contributed by atoms with Crippen molar-refractivity contribution in [3.8, 4) is 0 Å². The van der Waals surface area contributed by atoms with Crippen molar-refractivity contribution >= 4 is 35.1 Å². The van der Waals surface area contributed by atoms with Crippen LogP contribution >= 0.6 is 23.2 Å². The standard InChI is InChI=1S/C14H18Cl2N4O/c1-13(9-14(13,15)16)11(21)19-10-3-7-20(8-4-10)12-17-5-2-6-18-12/h2,5-6,10H,3-4,7-9H2,1H3,(H,19,21). The average Bonchev–Trinajstić information content (AvgIpc) is 3.01. The number of aromatic nitrogens is 2. The van der Waals surface area contributed by atoms with Crippen molar-refractivity contribution in [2.75, 3.05) is 18.0 Å². The minimum Gasteiger partial charge on any atom is -0.353 e. The predicted molar refractivity (Wildman–Crippen MR) is 82.6 cm³/mol. The number of nitrogens with one attached hydrogen (secondary N) is 1. The summed E-state index contributed by atoms with van der Waals surface area (Å²) < 4.78 is -0.907. The molecule has 2 heterocycles. The molecule has 1 N–H and O–H groups in total. The molecule has 1 unspecified atom stereocenters. The van der Waals surface area contributed by atoms with Gasteiger partial charge in [0, 0.05) is 31.5 Å². The summed E-state index contributed by atoms with van der Waals surface area (Å²) in [7, 11) is 0. The first-order valence-electron chi connectivity index (χ1n) is 7.13. The van der Waals surface area contributed by atoms with Crippen molar-refractivity contribution in [3.05, 3.63) is 18.5 Å². The van der Waals surface area contributed by atoms with Crippen LogP contribution in [0.15, 0.2) is 18.5 Å². The van der Waals surface area contributed by atoms with Gasteiger partial charge in [0.25, 0.3) is 0 Å². The van der Waals surface area contributed by atoms with E-state index in [1.54, 1.807) is 18.5 Å². The number of alkyl halides is 2. The lowest BCUT2D eigenvalue weighted by Crippen LogP contribution is -2.47. The van der Waals surface area contributed by atoms with Crippen LogP contribution in [0.5, 0.6) is 0 Å². The van der Waals surface area contributed by atoms with Gasteiger partial charge in [-0.2, -0.15) is 0 Å².